The Morgan fingerprint density at radius 1 is 0.613 bits per heavy atom. The summed E-state index contributed by atoms with van der Waals surface area (Å²) in [5.74, 6) is 4.20. The second-order valence-corrected chi connectivity index (χ2v) is 14.5. The van der Waals surface area contributed by atoms with Crippen LogP contribution in [0.2, 0.25) is 0 Å². The van der Waals surface area contributed by atoms with Crippen LogP contribution < -0.4 is 0 Å². The van der Waals surface area contributed by atoms with Gasteiger partial charge >= 0.3 is 0 Å². The summed E-state index contributed by atoms with van der Waals surface area (Å²) in [4.78, 5) is 0. The fraction of sp³-hybridized carbons (Fsp3) is 1.00. The van der Waals surface area contributed by atoms with Crippen molar-refractivity contribution >= 4 is 0 Å². The van der Waals surface area contributed by atoms with E-state index in [1.165, 1.54) is 67.2 Å². The zero-order valence-electron chi connectivity index (χ0n) is 21.4. The summed E-state index contributed by atoms with van der Waals surface area (Å²) in [6, 6.07) is 1.96. The molecule has 0 aromatic heterocycles. The first-order valence-corrected chi connectivity index (χ1v) is 14.5. The lowest BCUT2D eigenvalue weighted by molar-refractivity contribution is -0.928. The summed E-state index contributed by atoms with van der Waals surface area (Å²) in [6.45, 7) is 11.5. The maximum atomic E-state index is 2.79. The third kappa shape index (κ3) is 3.02. The van der Waals surface area contributed by atoms with Gasteiger partial charge < -0.3 is 8.97 Å². The summed E-state index contributed by atoms with van der Waals surface area (Å²) >= 11 is 0. The van der Waals surface area contributed by atoms with Crippen molar-refractivity contribution in [3.63, 3.8) is 0 Å². The molecule has 2 heteroatoms. The first-order valence-electron chi connectivity index (χ1n) is 14.5. The molecule has 0 radical (unpaired) electrons. The molecule has 4 aliphatic carbocycles. The summed E-state index contributed by atoms with van der Waals surface area (Å²) < 4.78 is 2.86. The summed E-state index contributed by atoms with van der Waals surface area (Å²) in [5, 5.41) is 0. The second kappa shape index (κ2) is 7.21. The van der Waals surface area contributed by atoms with E-state index in [1.54, 1.807) is 51.4 Å². The number of fused-ring (bicyclic) bond motifs is 5. The van der Waals surface area contributed by atoms with E-state index in [-0.39, 0.29) is 0 Å². The maximum Gasteiger partial charge on any atom is 0.0945 e. The van der Waals surface area contributed by atoms with Crippen LogP contribution in [-0.4, -0.2) is 61.3 Å². The quantitative estimate of drug-likeness (QED) is 0.456. The van der Waals surface area contributed by atoms with Crippen molar-refractivity contribution in [3.05, 3.63) is 0 Å². The van der Waals surface area contributed by atoms with Gasteiger partial charge in [0.1, 0.15) is 0 Å². The first-order chi connectivity index (χ1) is 14.8. The Bertz CT molecular complexity index is 689. The SMILES string of the molecule is C[C@]12CC[C@H]([N+]3(C)CCCC3)C[C@H]1CC[C@@H]1[C@@H]2CC[C@@]2(C)[C@H]1CC[C@@H]2[N+]1(C)CCCC1. The Morgan fingerprint density at radius 2 is 1.23 bits per heavy atom. The van der Waals surface area contributed by atoms with Crippen molar-refractivity contribution in [2.75, 3.05) is 40.3 Å². The lowest BCUT2D eigenvalue weighted by Gasteiger charge is -2.62. The lowest BCUT2D eigenvalue weighted by Crippen LogP contribution is -2.61. The van der Waals surface area contributed by atoms with Gasteiger partial charge in [0.05, 0.1) is 52.4 Å². The lowest BCUT2D eigenvalue weighted by atomic mass is 9.44. The van der Waals surface area contributed by atoms with Crippen LogP contribution in [0, 0.1) is 34.5 Å². The fourth-order valence-corrected chi connectivity index (χ4v) is 11.6. The van der Waals surface area contributed by atoms with Crippen LogP contribution >= 0.6 is 0 Å². The molecule has 2 saturated heterocycles. The van der Waals surface area contributed by atoms with Gasteiger partial charge in [0.25, 0.3) is 0 Å². The molecule has 6 rings (SSSR count). The maximum absolute atomic E-state index is 2.79. The molecule has 0 aromatic rings. The van der Waals surface area contributed by atoms with Crippen molar-refractivity contribution in [2.24, 2.45) is 34.5 Å². The van der Waals surface area contributed by atoms with Gasteiger partial charge in [-0.1, -0.05) is 13.8 Å². The highest BCUT2D eigenvalue weighted by molar-refractivity contribution is 5.10. The molecule has 6 fully saturated rings. The molecule has 0 bridgehead atoms. The molecule has 0 spiro atoms. The standard InChI is InChI=1S/C29H52N2/c1-28-15-13-23(30(3)17-5-6-18-30)21-22(28)9-10-24-25-11-12-27(31(4)19-7-8-20-31)29(25,2)16-14-26(24)28/h22-27H,5-21H2,1-4H3/q+2/t22-,23+,24+,25+,26+,27+,28+,29+/m1/s1. The fourth-order valence-electron chi connectivity index (χ4n) is 11.6. The van der Waals surface area contributed by atoms with Crippen LogP contribution in [-0.2, 0) is 0 Å². The minimum atomic E-state index is 0.648. The van der Waals surface area contributed by atoms with Crippen LogP contribution in [0.25, 0.3) is 0 Å². The predicted octanol–water partition coefficient (Wildman–Crippen LogP) is 6.25. The minimum absolute atomic E-state index is 0.648. The Morgan fingerprint density at radius 3 is 1.94 bits per heavy atom. The average molecular weight is 429 g/mol. The van der Waals surface area contributed by atoms with Crippen LogP contribution in [0.1, 0.15) is 97.3 Å². The van der Waals surface area contributed by atoms with E-state index < -0.39 is 0 Å². The van der Waals surface area contributed by atoms with Gasteiger partial charge in [0.15, 0.2) is 0 Å². The normalized spacial score (nSPS) is 53.0. The zero-order chi connectivity index (χ0) is 21.5. The molecule has 0 aromatic carbocycles. The van der Waals surface area contributed by atoms with Crippen molar-refractivity contribution in [3.8, 4) is 0 Å². The van der Waals surface area contributed by atoms with Crippen LogP contribution in [0.3, 0.4) is 0 Å². The topological polar surface area (TPSA) is 0 Å². The Balaban J connectivity index is 1.21. The summed E-state index contributed by atoms with van der Waals surface area (Å²) in [7, 11) is 5.25. The van der Waals surface area contributed by atoms with Crippen molar-refractivity contribution in [2.45, 2.75) is 109 Å². The minimum Gasteiger partial charge on any atom is -0.324 e. The van der Waals surface area contributed by atoms with Crippen molar-refractivity contribution < 1.29 is 8.97 Å². The molecule has 6 aliphatic rings. The van der Waals surface area contributed by atoms with Crippen LogP contribution in [0.5, 0.6) is 0 Å². The number of quaternary nitrogens is 2. The van der Waals surface area contributed by atoms with Gasteiger partial charge in [-0.2, -0.15) is 0 Å². The third-order valence-corrected chi connectivity index (χ3v) is 13.4. The molecule has 31 heavy (non-hydrogen) atoms. The molecular weight excluding hydrogens is 376 g/mol. The van der Waals surface area contributed by atoms with Gasteiger partial charge in [-0.15, -0.1) is 0 Å². The Labute approximate surface area is 193 Å². The van der Waals surface area contributed by atoms with E-state index in [1.807, 2.05) is 0 Å². The number of nitrogens with zero attached hydrogens (tertiary/aromatic N) is 2. The number of likely N-dealkylation sites (tertiary alicyclic amines) is 2. The molecule has 0 N–H and O–H groups in total. The van der Waals surface area contributed by atoms with Gasteiger partial charge in [0.2, 0.25) is 0 Å². The van der Waals surface area contributed by atoms with E-state index in [4.69, 9.17) is 0 Å². The molecule has 0 amide bonds. The largest absolute Gasteiger partial charge is 0.324 e. The van der Waals surface area contributed by atoms with Gasteiger partial charge in [0, 0.05) is 43.9 Å². The molecule has 176 valence electrons. The highest BCUT2D eigenvalue weighted by Gasteiger charge is 2.64. The highest BCUT2D eigenvalue weighted by atomic mass is 15.4. The second-order valence-electron chi connectivity index (χ2n) is 14.5. The monoisotopic (exact) mass is 428 g/mol. The highest BCUT2D eigenvalue weighted by Crippen LogP contribution is 2.67. The summed E-state index contributed by atoms with van der Waals surface area (Å²) in [5.41, 5.74) is 1.32. The van der Waals surface area contributed by atoms with Gasteiger partial charge in [-0.3, -0.25) is 0 Å². The molecule has 2 nitrogen and oxygen atoms in total. The van der Waals surface area contributed by atoms with Crippen LogP contribution in [0.15, 0.2) is 0 Å². The Kier molecular flexibility index (Phi) is 4.99. The molecule has 2 heterocycles. The van der Waals surface area contributed by atoms with Crippen molar-refractivity contribution in [1.82, 2.24) is 0 Å². The zero-order valence-corrected chi connectivity index (χ0v) is 21.4. The molecule has 2 aliphatic heterocycles. The molecular formula is C29H52N2+2. The van der Waals surface area contributed by atoms with E-state index in [0.717, 1.165) is 35.8 Å². The number of hydrogen-bond acceptors (Lipinski definition) is 0. The number of rotatable bonds is 2. The van der Waals surface area contributed by atoms with Crippen molar-refractivity contribution in [1.29, 1.82) is 0 Å². The number of hydrogen-bond donors (Lipinski definition) is 0. The smallest absolute Gasteiger partial charge is 0.0945 e. The Hall–Kier alpha value is -0.0800. The first kappa shape index (κ1) is 21.5. The third-order valence-electron chi connectivity index (χ3n) is 13.4. The van der Waals surface area contributed by atoms with Gasteiger partial charge in [-0.25, -0.2) is 0 Å². The van der Waals surface area contributed by atoms with Gasteiger partial charge in [-0.05, 0) is 74.0 Å². The summed E-state index contributed by atoms with van der Waals surface area (Å²) in [6.07, 6.45) is 20.0. The molecule has 8 atom stereocenters. The van der Waals surface area contributed by atoms with E-state index in [0.29, 0.717) is 10.8 Å². The molecule has 0 unspecified atom stereocenters. The van der Waals surface area contributed by atoms with E-state index >= 15 is 0 Å². The predicted molar refractivity (Wildman–Crippen MR) is 130 cm³/mol. The van der Waals surface area contributed by atoms with Crippen LogP contribution in [0.4, 0.5) is 0 Å². The molecule has 4 saturated carbocycles. The van der Waals surface area contributed by atoms with E-state index in [2.05, 4.69) is 27.9 Å². The average Bonchev–Trinajstić information content (AvgIpc) is 3.46. The van der Waals surface area contributed by atoms with E-state index in [9.17, 15) is 0 Å².